The summed E-state index contributed by atoms with van der Waals surface area (Å²) < 4.78 is 0. The van der Waals surface area contributed by atoms with Crippen LogP contribution in [0.4, 0.5) is 10.9 Å². The molecule has 6 nitrogen and oxygen atoms in total. The average molecular weight is 318 g/mol. The van der Waals surface area contributed by atoms with E-state index < -0.39 is 0 Å². The normalized spacial score (nSPS) is 19.3. The van der Waals surface area contributed by atoms with Crippen molar-refractivity contribution in [1.29, 1.82) is 0 Å². The monoisotopic (exact) mass is 318 g/mol. The van der Waals surface area contributed by atoms with Gasteiger partial charge >= 0.3 is 0 Å². The fourth-order valence-corrected chi connectivity index (χ4v) is 3.45. The van der Waals surface area contributed by atoms with E-state index in [1.54, 1.807) is 11.3 Å². The number of hydrogen-bond donors (Lipinski definition) is 1. The molecule has 0 aromatic carbocycles. The quantitative estimate of drug-likeness (QED) is 0.934. The van der Waals surface area contributed by atoms with Gasteiger partial charge in [-0.1, -0.05) is 24.7 Å². The van der Waals surface area contributed by atoms with Crippen LogP contribution in [0.25, 0.3) is 0 Å². The first-order valence-electron chi connectivity index (χ1n) is 7.81. The fourth-order valence-electron chi connectivity index (χ4n) is 2.76. The van der Waals surface area contributed by atoms with Crippen molar-refractivity contribution in [3.63, 3.8) is 0 Å². The molecule has 1 fully saturated rings. The number of piperidine rings is 1. The van der Waals surface area contributed by atoms with Gasteiger partial charge in [-0.15, -0.1) is 10.2 Å². The molecule has 22 heavy (non-hydrogen) atoms. The number of aromatic nitrogens is 4. The third-order valence-corrected chi connectivity index (χ3v) is 4.93. The topological polar surface area (TPSA) is 66.8 Å². The van der Waals surface area contributed by atoms with Gasteiger partial charge < -0.3 is 5.32 Å². The second kappa shape index (κ2) is 6.66. The first kappa shape index (κ1) is 15.3. The molecule has 3 heterocycles. The Morgan fingerprint density at radius 1 is 1.32 bits per heavy atom. The van der Waals surface area contributed by atoms with Crippen LogP contribution in [0.3, 0.4) is 0 Å². The maximum absolute atomic E-state index is 4.71. The predicted molar refractivity (Wildman–Crippen MR) is 88.6 cm³/mol. The summed E-state index contributed by atoms with van der Waals surface area (Å²) in [6.07, 6.45) is 4.53. The number of anilines is 2. The number of rotatable bonds is 4. The smallest absolute Gasteiger partial charge is 0.211 e. The van der Waals surface area contributed by atoms with Gasteiger partial charge in [-0.2, -0.15) is 0 Å². The first-order chi connectivity index (χ1) is 10.7. The van der Waals surface area contributed by atoms with Gasteiger partial charge in [0.15, 0.2) is 0 Å². The van der Waals surface area contributed by atoms with Gasteiger partial charge in [0.05, 0.1) is 6.04 Å². The van der Waals surface area contributed by atoms with Crippen molar-refractivity contribution < 1.29 is 0 Å². The minimum Gasteiger partial charge on any atom is -0.315 e. The van der Waals surface area contributed by atoms with Crippen LogP contribution >= 0.6 is 11.3 Å². The minimum atomic E-state index is 0.315. The van der Waals surface area contributed by atoms with Gasteiger partial charge in [0.25, 0.3) is 0 Å². The zero-order valence-electron chi connectivity index (χ0n) is 13.3. The third-order valence-electron chi connectivity index (χ3n) is 3.94. The van der Waals surface area contributed by atoms with Crippen LogP contribution in [0.1, 0.15) is 48.8 Å². The summed E-state index contributed by atoms with van der Waals surface area (Å²) in [7, 11) is 2.15. The Balaban J connectivity index is 1.82. The highest BCUT2D eigenvalue weighted by Crippen LogP contribution is 2.28. The summed E-state index contributed by atoms with van der Waals surface area (Å²) >= 11 is 1.57. The van der Waals surface area contributed by atoms with Crippen LogP contribution < -0.4 is 5.32 Å². The highest BCUT2D eigenvalue weighted by molar-refractivity contribution is 7.15. The lowest BCUT2D eigenvalue weighted by atomic mass is 10.0. The summed E-state index contributed by atoms with van der Waals surface area (Å²) in [6.45, 7) is 5.20. The lowest BCUT2D eigenvalue weighted by Gasteiger charge is -2.31. The molecule has 0 radical (unpaired) electrons. The molecular weight excluding hydrogens is 296 g/mol. The Kier molecular flexibility index (Phi) is 4.63. The zero-order valence-corrected chi connectivity index (χ0v) is 14.2. The van der Waals surface area contributed by atoms with Crippen LogP contribution in [0, 0.1) is 6.92 Å². The number of nitrogens with one attached hydrogen (secondary N) is 1. The molecule has 2 aromatic rings. The highest BCUT2D eigenvalue weighted by atomic mass is 32.1. The van der Waals surface area contributed by atoms with E-state index in [9.17, 15) is 0 Å². The molecule has 2 aromatic heterocycles. The van der Waals surface area contributed by atoms with Crippen molar-refractivity contribution in [2.75, 3.05) is 18.9 Å². The molecule has 1 atom stereocenters. The Morgan fingerprint density at radius 2 is 2.18 bits per heavy atom. The zero-order chi connectivity index (χ0) is 15.5. The molecule has 1 saturated heterocycles. The largest absolute Gasteiger partial charge is 0.315 e. The van der Waals surface area contributed by atoms with Crippen molar-refractivity contribution in [3.05, 3.63) is 22.6 Å². The maximum atomic E-state index is 4.71. The van der Waals surface area contributed by atoms with Crippen molar-refractivity contribution in [2.24, 2.45) is 0 Å². The lowest BCUT2D eigenvalue weighted by molar-refractivity contribution is 0.179. The van der Waals surface area contributed by atoms with Crippen LogP contribution in [0.2, 0.25) is 0 Å². The molecule has 0 spiro atoms. The van der Waals surface area contributed by atoms with Crippen molar-refractivity contribution in [1.82, 2.24) is 25.1 Å². The van der Waals surface area contributed by atoms with E-state index in [1.165, 1.54) is 12.8 Å². The van der Waals surface area contributed by atoms with E-state index in [-0.39, 0.29) is 0 Å². The molecule has 1 aliphatic rings. The molecular formula is C15H22N6S. The van der Waals surface area contributed by atoms with E-state index in [0.29, 0.717) is 6.04 Å². The molecule has 1 N–H and O–H groups in total. The Bertz CT molecular complexity index is 641. The Hall–Kier alpha value is -1.60. The van der Waals surface area contributed by atoms with E-state index in [2.05, 4.69) is 39.4 Å². The van der Waals surface area contributed by atoms with Gasteiger partial charge in [0.2, 0.25) is 5.13 Å². The first-order valence-corrected chi connectivity index (χ1v) is 8.62. The molecule has 0 amide bonds. The molecule has 0 saturated carbocycles. The van der Waals surface area contributed by atoms with Crippen molar-refractivity contribution >= 4 is 22.3 Å². The third kappa shape index (κ3) is 3.41. The van der Waals surface area contributed by atoms with Crippen LogP contribution in [-0.2, 0) is 6.42 Å². The van der Waals surface area contributed by atoms with E-state index in [0.717, 1.165) is 46.9 Å². The van der Waals surface area contributed by atoms with Gasteiger partial charge in [0, 0.05) is 11.8 Å². The standard InChI is InChI=1S/C15H22N6S/c1-4-13-19-20-15(22-13)18-12-9-10(2)16-14(17-12)11-7-5-6-8-21(11)3/h9,11H,4-8H2,1-3H3,(H,16,17,18,20). The number of aryl methyl sites for hydroxylation is 2. The van der Waals surface area contributed by atoms with Crippen LogP contribution in [0.15, 0.2) is 6.07 Å². The van der Waals surface area contributed by atoms with Gasteiger partial charge in [-0.3, -0.25) is 4.90 Å². The molecule has 0 bridgehead atoms. The summed E-state index contributed by atoms with van der Waals surface area (Å²) in [4.78, 5) is 11.7. The second-order valence-electron chi connectivity index (χ2n) is 5.72. The molecule has 118 valence electrons. The molecule has 1 aliphatic heterocycles. The maximum Gasteiger partial charge on any atom is 0.211 e. The highest BCUT2D eigenvalue weighted by Gasteiger charge is 2.23. The van der Waals surface area contributed by atoms with Crippen molar-refractivity contribution in [3.8, 4) is 0 Å². The molecule has 1 unspecified atom stereocenters. The van der Waals surface area contributed by atoms with E-state index in [4.69, 9.17) is 4.98 Å². The second-order valence-corrected chi connectivity index (χ2v) is 6.79. The van der Waals surface area contributed by atoms with E-state index >= 15 is 0 Å². The molecule has 3 rings (SSSR count). The Morgan fingerprint density at radius 3 is 2.91 bits per heavy atom. The van der Waals surface area contributed by atoms with E-state index in [1.807, 2.05) is 13.0 Å². The number of hydrogen-bond acceptors (Lipinski definition) is 7. The molecule has 7 heteroatoms. The van der Waals surface area contributed by atoms with Gasteiger partial charge in [-0.05, 0) is 39.8 Å². The summed E-state index contributed by atoms with van der Waals surface area (Å²) in [5.74, 6) is 1.71. The Labute approximate surface area is 135 Å². The SMILES string of the molecule is CCc1nnc(Nc2cc(C)nc(C3CCCCN3C)n2)s1. The fraction of sp³-hybridized carbons (Fsp3) is 0.600. The average Bonchev–Trinajstić information content (AvgIpc) is 2.94. The van der Waals surface area contributed by atoms with Crippen LogP contribution in [-0.4, -0.2) is 38.7 Å². The summed E-state index contributed by atoms with van der Waals surface area (Å²) in [5.41, 5.74) is 0.978. The predicted octanol–water partition coefficient (Wildman–Crippen LogP) is 3.10. The van der Waals surface area contributed by atoms with Gasteiger partial charge in [0.1, 0.15) is 16.6 Å². The summed E-state index contributed by atoms with van der Waals surface area (Å²) in [6, 6.07) is 2.27. The number of likely N-dealkylation sites (tertiary alicyclic amines) is 1. The molecule has 0 aliphatic carbocycles. The lowest BCUT2D eigenvalue weighted by Crippen LogP contribution is -2.31. The minimum absolute atomic E-state index is 0.315. The summed E-state index contributed by atoms with van der Waals surface area (Å²) in [5, 5.41) is 13.4. The van der Waals surface area contributed by atoms with Gasteiger partial charge in [-0.25, -0.2) is 9.97 Å². The number of nitrogens with zero attached hydrogens (tertiary/aromatic N) is 5. The van der Waals surface area contributed by atoms with Crippen molar-refractivity contribution in [2.45, 2.75) is 45.6 Å². The van der Waals surface area contributed by atoms with Crippen LogP contribution in [0.5, 0.6) is 0 Å².